The van der Waals surface area contributed by atoms with Crippen LogP contribution < -0.4 is 4.89 Å². The van der Waals surface area contributed by atoms with E-state index in [0.717, 1.165) is 67.8 Å². The molecule has 0 bridgehead atoms. The monoisotopic (exact) mass is 376 g/mol. The van der Waals surface area contributed by atoms with Crippen LogP contribution in [0, 0.1) is 0 Å². The molecule has 0 aliphatic rings. The van der Waals surface area contributed by atoms with Crippen LogP contribution in [-0.4, -0.2) is 12.2 Å². The number of phenols is 1. The Bertz CT molecular complexity index is 1360. The molecule has 0 aliphatic heterocycles. The van der Waals surface area contributed by atoms with Crippen LogP contribution in [0.2, 0.25) is 0 Å². The molecule has 28 heavy (non-hydrogen) atoms. The molecule has 2 aromatic heterocycles. The molecule has 0 aliphatic carbocycles. The lowest BCUT2D eigenvalue weighted by atomic mass is 10.0. The largest absolute Gasteiger partial charge is 0.508 e. The van der Waals surface area contributed by atoms with Gasteiger partial charge >= 0.3 is 0 Å². The van der Waals surface area contributed by atoms with E-state index in [1.807, 2.05) is 31.2 Å². The second-order valence-corrected chi connectivity index (χ2v) is 6.95. The molecule has 0 spiro atoms. The Hall–Kier alpha value is -3.18. The Labute approximate surface area is 161 Å². The quantitative estimate of drug-likeness (QED) is 0.296. The van der Waals surface area contributed by atoms with Crippen molar-refractivity contribution in [1.29, 1.82) is 0 Å². The van der Waals surface area contributed by atoms with E-state index in [1.54, 1.807) is 12.1 Å². The number of hydrogen-bond donors (Lipinski definition) is 1. The van der Waals surface area contributed by atoms with Crippen molar-refractivity contribution in [2.75, 3.05) is 7.11 Å². The lowest BCUT2D eigenvalue weighted by Crippen LogP contribution is -1.92. The van der Waals surface area contributed by atoms with Crippen molar-refractivity contribution in [3.8, 4) is 11.5 Å². The van der Waals surface area contributed by atoms with Crippen LogP contribution in [-0.2, 0) is 17.7 Å². The van der Waals surface area contributed by atoms with Crippen LogP contribution in [0.1, 0.15) is 25.0 Å². The number of fused-ring (bicyclic) bond motifs is 6. The molecular formula is C23H20O5. The predicted octanol–water partition coefficient (Wildman–Crippen LogP) is 6.26. The zero-order chi connectivity index (χ0) is 19.4. The minimum Gasteiger partial charge on any atom is -0.508 e. The first-order chi connectivity index (χ1) is 13.6. The minimum absolute atomic E-state index is 0.242. The summed E-state index contributed by atoms with van der Waals surface area (Å²) in [5.74, 6) is 0.879. The Balaban J connectivity index is 1.88. The summed E-state index contributed by atoms with van der Waals surface area (Å²) in [6.45, 7) is 4.12. The molecule has 5 rings (SSSR count). The third-order valence-electron chi connectivity index (χ3n) is 5.32. The van der Waals surface area contributed by atoms with E-state index in [-0.39, 0.29) is 5.75 Å². The van der Waals surface area contributed by atoms with E-state index in [9.17, 15) is 5.11 Å². The van der Waals surface area contributed by atoms with Crippen LogP contribution in [0.3, 0.4) is 0 Å². The third-order valence-corrected chi connectivity index (χ3v) is 5.32. The Morgan fingerprint density at radius 2 is 1.32 bits per heavy atom. The van der Waals surface area contributed by atoms with Crippen LogP contribution in [0.4, 0.5) is 0 Å². The molecule has 2 heterocycles. The highest BCUT2D eigenvalue weighted by Gasteiger charge is 2.18. The molecule has 0 saturated carbocycles. The van der Waals surface area contributed by atoms with Crippen molar-refractivity contribution >= 4 is 43.9 Å². The standard InChI is InChI=1S/C23H20O5/c1-4-12-6-14(24)8-18-16-10-21-17(11-20(16)26-22(12)18)19-9-15(28-25-3)7-13(5-2)23(19)27-21/h6-11,24H,4-5H2,1-3H3. The average molecular weight is 376 g/mol. The first-order valence-corrected chi connectivity index (χ1v) is 9.40. The number of aromatic hydroxyl groups is 1. The van der Waals surface area contributed by atoms with E-state index in [2.05, 4.69) is 6.92 Å². The maximum absolute atomic E-state index is 10.1. The molecule has 0 atom stereocenters. The first-order valence-electron chi connectivity index (χ1n) is 9.40. The maximum atomic E-state index is 10.1. The summed E-state index contributed by atoms with van der Waals surface area (Å²) in [5, 5.41) is 13.9. The van der Waals surface area contributed by atoms with Gasteiger partial charge in [-0.15, -0.1) is 0 Å². The van der Waals surface area contributed by atoms with Crippen molar-refractivity contribution in [1.82, 2.24) is 0 Å². The zero-order valence-corrected chi connectivity index (χ0v) is 16.0. The average Bonchev–Trinajstić information content (AvgIpc) is 3.23. The van der Waals surface area contributed by atoms with Gasteiger partial charge in [-0.1, -0.05) is 13.8 Å². The van der Waals surface area contributed by atoms with Crippen molar-refractivity contribution < 1.29 is 23.7 Å². The van der Waals surface area contributed by atoms with Gasteiger partial charge in [0, 0.05) is 21.5 Å². The normalized spacial score (nSPS) is 12.0. The van der Waals surface area contributed by atoms with Crippen LogP contribution in [0.5, 0.6) is 11.5 Å². The molecule has 0 fully saturated rings. The van der Waals surface area contributed by atoms with Crippen LogP contribution in [0.25, 0.3) is 43.9 Å². The summed E-state index contributed by atoms with van der Waals surface area (Å²) in [5.41, 5.74) is 5.22. The second-order valence-electron chi connectivity index (χ2n) is 6.95. The highest BCUT2D eigenvalue weighted by atomic mass is 17.2. The van der Waals surface area contributed by atoms with Gasteiger partial charge in [0.05, 0.1) is 7.11 Å². The summed E-state index contributed by atoms with van der Waals surface area (Å²) in [4.78, 5) is 10.1. The highest BCUT2D eigenvalue weighted by molar-refractivity contribution is 6.15. The van der Waals surface area contributed by atoms with Crippen LogP contribution >= 0.6 is 0 Å². The van der Waals surface area contributed by atoms with Gasteiger partial charge in [-0.2, -0.15) is 4.89 Å². The van der Waals surface area contributed by atoms with Gasteiger partial charge in [-0.3, -0.25) is 0 Å². The maximum Gasteiger partial charge on any atom is 0.166 e. The van der Waals surface area contributed by atoms with E-state index < -0.39 is 0 Å². The molecule has 3 aromatic carbocycles. The van der Waals surface area contributed by atoms with Crippen LogP contribution in [0.15, 0.2) is 45.2 Å². The molecule has 0 saturated heterocycles. The molecule has 0 amide bonds. The number of aryl methyl sites for hydroxylation is 2. The number of benzene rings is 3. The fourth-order valence-electron chi connectivity index (χ4n) is 4.01. The van der Waals surface area contributed by atoms with E-state index in [1.165, 1.54) is 7.11 Å². The Kier molecular flexibility index (Phi) is 3.74. The van der Waals surface area contributed by atoms with Crippen molar-refractivity contribution in [3.63, 3.8) is 0 Å². The topological polar surface area (TPSA) is 65.0 Å². The third kappa shape index (κ3) is 2.36. The fraction of sp³-hybridized carbons (Fsp3) is 0.217. The lowest BCUT2D eigenvalue weighted by Gasteiger charge is -2.04. The molecule has 5 nitrogen and oxygen atoms in total. The van der Waals surface area contributed by atoms with Gasteiger partial charge in [0.15, 0.2) is 5.75 Å². The molecule has 0 unspecified atom stereocenters. The summed E-state index contributed by atoms with van der Waals surface area (Å²) >= 11 is 0. The van der Waals surface area contributed by atoms with Gasteiger partial charge in [-0.05, 0) is 60.4 Å². The van der Waals surface area contributed by atoms with Gasteiger partial charge in [0.2, 0.25) is 0 Å². The number of phenolic OH excluding ortho intramolecular Hbond substituents is 1. The molecule has 1 N–H and O–H groups in total. The smallest absolute Gasteiger partial charge is 0.166 e. The van der Waals surface area contributed by atoms with Crippen molar-refractivity contribution in [3.05, 3.63) is 47.5 Å². The summed E-state index contributed by atoms with van der Waals surface area (Å²) in [6.07, 6.45) is 1.59. The Morgan fingerprint density at radius 1 is 0.750 bits per heavy atom. The van der Waals surface area contributed by atoms with E-state index in [0.29, 0.717) is 5.75 Å². The molecule has 142 valence electrons. The first kappa shape index (κ1) is 17.0. The summed E-state index contributed by atoms with van der Waals surface area (Å²) < 4.78 is 12.4. The lowest BCUT2D eigenvalue weighted by molar-refractivity contribution is -0.178. The Morgan fingerprint density at radius 3 is 1.89 bits per heavy atom. The number of hydrogen-bond acceptors (Lipinski definition) is 5. The van der Waals surface area contributed by atoms with Gasteiger partial charge in [-0.25, -0.2) is 0 Å². The molecule has 0 radical (unpaired) electrons. The second kappa shape index (κ2) is 6.17. The predicted molar refractivity (Wildman–Crippen MR) is 109 cm³/mol. The zero-order valence-electron chi connectivity index (χ0n) is 16.0. The summed E-state index contributed by atoms with van der Waals surface area (Å²) in [7, 11) is 1.49. The van der Waals surface area contributed by atoms with Crippen molar-refractivity contribution in [2.45, 2.75) is 26.7 Å². The SMILES string of the molecule is CCc1cc(O)cc2c1oc1cc3c(cc12)oc1c(CC)cc(OOC)cc13. The molecule has 5 aromatic rings. The van der Waals surface area contributed by atoms with Gasteiger partial charge < -0.3 is 18.8 Å². The highest BCUT2D eigenvalue weighted by Crippen LogP contribution is 2.40. The van der Waals surface area contributed by atoms with Gasteiger partial charge in [0.1, 0.15) is 28.1 Å². The fourth-order valence-corrected chi connectivity index (χ4v) is 4.01. The van der Waals surface area contributed by atoms with Crippen molar-refractivity contribution in [2.24, 2.45) is 0 Å². The van der Waals surface area contributed by atoms with E-state index in [4.69, 9.17) is 18.6 Å². The molecular weight excluding hydrogens is 356 g/mol. The molecule has 5 heteroatoms. The summed E-state index contributed by atoms with van der Waals surface area (Å²) in [6, 6.07) is 11.3. The number of rotatable bonds is 4. The van der Waals surface area contributed by atoms with E-state index >= 15 is 0 Å². The number of furan rings is 2. The van der Waals surface area contributed by atoms with Gasteiger partial charge in [0.25, 0.3) is 0 Å². The minimum atomic E-state index is 0.242.